The summed E-state index contributed by atoms with van der Waals surface area (Å²) >= 11 is 0. The summed E-state index contributed by atoms with van der Waals surface area (Å²) in [6.07, 6.45) is 3.69. The quantitative estimate of drug-likeness (QED) is 0.420. The van der Waals surface area contributed by atoms with Crippen LogP contribution in [0.3, 0.4) is 0 Å². The molecule has 0 aliphatic heterocycles. The van der Waals surface area contributed by atoms with Crippen LogP contribution in [0.15, 0.2) is 54.2 Å². The first-order valence-corrected chi connectivity index (χ1v) is 9.09. The third-order valence-corrected chi connectivity index (χ3v) is 4.32. The molecule has 0 saturated heterocycles. The maximum Gasteiger partial charge on any atom is 0.267 e. The van der Waals surface area contributed by atoms with E-state index >= 15 is 0 Å². The van der Waals surface area contributed by atoms with Gasteiger partial charge in [0.1, 0.15) is 17.5 Å². The maximum absolute atomic E-state index is 12.9. The van der Waals surface area contributed by atoms with Crippen LogP contribution in [0.2, 0.25) is 0 Å². The molecule has 2 rings (SSSR count). The molecule has 140 valence electrons. The monoisotopic (exact) mass is 365 g/mol. The van der Waals surface area contributed by atoms with Crippen LogP contribution in [0.5, 0.6) is 0 Å². The number of nitrogens with zero attached hydrogens (tertiary/aromatic N) is 1. The predicted octanol–water partition coefficient (Wildman–Crippen LogP) is 4.13. The van der Waals surface area contributed by atoms with Gasteiger partial charge in [0.25, 0.3) is 5.91 Å². The van der Waals surface area contributed by atoms with Crippen LogP contribution >= 0.6 is 0 Å². The third-order valence-electron chi connectivity index (χ3n) is 4.32. The summed E-state index contributed by atoms with van der Waals surface area (Å²) in [5.41, 5.74) is 3.88. The number of carbonyl (C=O) groups excluding carboxylic acids is 1. The van der Waals surface area contributed by atoms with E-state index in [1.165, 1.54) is 18.3 Å². The molecular weight excluding hydrogens is 341 g/mol. The van der Waals surface area contributed by atoms with Gasteiger partial charge in [-0.25, -0.2) is 4.39 Å². The van der Waals surface area contributed by atoms with Crippen molar-refractivity contribution in [3.63, 3.8) is 0 Å². The van der Waals surface area contributed by atoms with Crippen LogP contribution < -0.4 is 10.6 Å². The largest absolute Gasteiger partial charge is 0.389 e. The van der Waals surface area contributed by atoms with Gasteiger partial charge in [-0.05, 0) is 48.1 Å². The average Bonchev–Trinajstić information content (AvgIpc) is 2.69. The molecule has 0 aliphatic carbocycles. The molecule has 0 atom stereocenters. The van der Waals surface area contributed by atoms with Gasteiger partial charge in [0.2, 0.25) is 0 Å². The van der Waals surface area contributed by atoms with Gasteiger partial charge in [0.05, 0.1) is 0 Å². The Morgan fingerprint density at radius 3 is 2.30 bits per heavy atom. The Bertz CT molecular complexity index is 829. The van der Waals surface area contributed by atoms with Gasteiger partial charge < -0.3 is 10.6 Å². The lowest BCUT2D eigenvalue weighted by molar-refractivity contribution is -0.112. The molecular formula is C22H24FN3O. The van der Waals surface area contributed by atoms with Crippen LogP contribution in [0.1, 0.15) is 30.5 Å². The lowest BCUT2D eigenvalue weighted by Crippen LogP contribution is -2.19. The molecule has 0 aromatic heterocycles. The van der Waals surface area contributed by atoms with Gasteiger partial charge in [-0.15, -0.1) is 0 Å². The topological polar surface area (TPSA) is 64.9 Å². The second-order valence-electron chi connectivity index (χ2n) is 6.11. The van der Waals surface area contributed by atoms with Gasteiger partial charge in [-0.3, -0.25) is 4.79 Å². The number of halogens is 1. The Morgan fingerprint density at radius 1 is 1.11 bits per heavy atom. The summed E-state index contributed by atoms with van der Waals surface area (Å²) in [4.78, 5) is 12.5. The molecule has 0 saturated carbocycles. The van der Waals surface area contributed by atoms with Crippen molar-refractivity contribution in [1.82, 2.24) is 5.32 Å². The molecule has 0 aliphatic rings. The number of anilines is 1. The Kier molecular flexibility index (Phi) is 7.57. The molecule has 2 aromatic carbocycles. The molecule has 2 N–H and O–H groups in total. The number of hydrogen-bond acceptors (Lipinski definition) is 3. The van der Waals surface area contributed by atoms with Gasteiger partial charge in [0.15, 0.2) is 0 Å². The van der Waals surface area contributed by atoms with Crippen LogP contribution in [-0.2, 0) is 24.1 Å². The molecule has 27 heavy (non-hydrogen) atoms. The van der Waals surface area contributed by atoms with Crippen LogP contribution in [-0.4, -0.2) is 12.5 Å². The highest BCUT2D eigenvalue weighted by Gasteiger charge is 2.13. The van der Waals surface area contributed by atoms with E-state index in [4.69, 9.17) is 0 Å². The minimum absolute atomic E-state index is 0.0158. The number of amides is 1. The van der Waals surface area contributed by atoms with Crippen molar-refractivity contribution in [2.24, 2.45) is 0 Å². The van der Waals surface area contributed by atoms with Crippen LogP contribution in [0.25, 0.3) is 0 Å². The van der Waals surface area contributed by atoms with Crippen molar-refractivity contribution in [1.29, 1.82) is 5.26 Å². The lowest BCUT2D eigenvalue weighted by atomic mass is 10.0. The molecule has 0 bridgehead atoms. The zero-order valence-electron chi connectivity index (χ0n) is 15.7. The highest BCUT2D eigenvalue weighted by molar-refractivity contribution is 6.07. The second kappa shape index (κ2) is 10.1. The fourth-order valence-corrected chi connectivity index (χ4v) is 2.77. The number of carbonyl (C=O) groups is 1. The SMILES string of the molecule is CCc1cccc(CC)c1NC(=O)/C(C#N)=C\NCCc1ccc(F)cc1. The molecule has 4 nitrogen and oxygen atoms in total. The van der Waals surface area contributed by atoms with E-state index in [1.54, 1.807) is 12.1 Å². The van der Waals surface area contributed by atoms with E-state index < -0.39 is 5.91 Å². The number of aryl methyl sites for hydroxylation is 2. The summed E-state index contributed by atoms with van der Waals surface area (Å²) < 4.78 is 12.9. The van der Waals surface area contributed by atoms with Gasteiger partial charge >= 0.3 is 0 Å². The van der Waals surface area contributed by atoms with Crippen LogP contribution in [0, 0.1) is 17.1 Å². The standard InChI is InChI=1S/C22H24FN3O/c1-3-17-6-5-7-18(4-2)21(17)26-22(27)19(14-24)15-25-13-12-16-8-10-20(23)11-9-16/h5-11,15,25H,3-4,12-13H2,1-2H3,(H,26,27)/b19-15-. The molecule has 0 heterocycles. The fraction of sp³-hybridized carbons (Fsp3) is 0.273. The van der Waals surface area contributed by atoms with E-state index in [0.29, 0.717) is 13.0 Å². The van der Waals surface area contributed by atoms with E-state index in [2.05, 4.69) is 10.6 Å². The maximum atomic E-state index is 12.9. The van der Waals surface area contributed by atoms with Crippen molar-refractivity contribution in [2.75, 3.05) is 11.9 Å². The average molecular weight is 365 g/mol. The Labute approximate surface area is 159 Å². The first-order chi connectivity index (χ1) is 13.1. The van der Waals surface area contributed by atoms with Gasteiger partial charge in [0, 0.05) is 18.4 Å². The first-order valence-electron chi connectivity index (χ1n) is 9.09. The third kappa shape index (κ3) is 5.68. The Hall–Kier alpha value is -3.13. The zero-order valence-corrected chi connectivity index (χ0v) is 15.7. The molecule has 2 aromatic rings. The Balaban J connectivity index is 2.00. The van der Waals surface area contributed by atoms with Crippen molar-refractivity contribution < 1.29 is 9.18 Å². The molecule has 0 spiro atoms. The van der Waals surface area contributed by atoms with Crippen molar-refractivity contribution in [2.45, 2.75) is 33.1 Å². The van der Waals surface area contributed by atoms with Crippen molar-refractivity contribution in [3.8, 4) is 6.07 Å². The lowest BCUT2D eigenvalue weighted by Gasteiger charge is -2.14. The number of nitriles is 1. The smallest absolute Gasteiger partial charge is 0.267 e. The van der Waals surface area contributed by atoms with Gasteiger partial charge in [-0.2, -0.15) is 5.26 Å². The number of benzene rings is 2. The van der Waals surface area contributed by atoms with E-state index in [1.807, 2.05) is 38.1 Å². The molecule has 0 fully saturated rings. The van der Waals surface area contributed by atoms with Crippen molar-refractivity contribution >= 4 is 11.6 Å². The number of nitrogens with one attached hydrogen (secondary N) is 2. The first kappa shape index (κ1) is 20.2. The minimum atomic E-state index is -0.428. The summed E-state index contributed by atoms with van der Waals surface area (Å²) in [6, 6.07) is 14.1. The normalized spacial score (nSPS) is 11.0. The second-order valence-corrected chi connectivity index (χ2v) is 6.11. The summed E-state index contributed by atoms with van der Waals surface area (Å²) in [5, 5.41) is 15.2. The molecule has 5 heteroatoms. The highest BCUT2D eigenvalue weighted by Crippen LogP contribution is 2.23. The predicted molar refractivity (Wildman–Crippen MR) is 106 cm³/mol. The molecule has 0 radical (unpaired) electrons. The zero-order chi connectivity index (χ0) is 19.6. The minimum Gasteiger partial charge on any atom is -0.389 e. The number of para-hydroxylation sites is 1. The Morgan fingerprint density at radius 2 is 1.74 bits per heavy atom. The molecule has 1 amide bonds. The van der Waals surface area contributed by atoms with E-state index in [9.17, 15) is 14.4 Å². The summed E-state index contributed by atoms with van der Waals surface area (Å²) in [5.74, 6) is -0.698. The van der Waals surface area contributed by atoms with E-state index in [-0.39, 0.29) is 11.4 Å². The summed E-state index contributed by atoms with van der Waals surface area (Å²) in [7, 11) is 0. The van der Waals surface area contributed by atoms with Gasteiger partial charge in [-0.1, -0.05) is 44.2 Å². The van der Waals surface area contributed by atoms with Crippen LogP contribution in [0.4, 0.5) is 10.1 Å². The fourth-order valence-electron chi connectivity index (χ4n) is 2.77. The number of hydrogen-bond donors (Lipinski definition) is 2. The summed E-state index contributed by atoms with van der Waals surface area (Å²) in [6.45, 7) is 4.60. The van der Waals surface area contributed by atoms with Crippen molar-refractivity contribution in [3.05, 3.63) is 76.7 Å². The number of rotatable bonds is 8. The highest BCUT2D eigenvalue weighted by atomic mass is 19.1. The van der Waals surface area contributed by atoms with E-state index in [0.717, 1.165) is 35.2 Å². The molecule has 0 unspecified atom stereocenters.